The highest BCUT2D eigenvalue weighted by molar-refractivity contribution is 5.75. The Morgan fingerprint density at radius 3 is 2.67 bits per heavy atom. The Hall–Kier alpha value is -1.26. The number of carboxylic acid groups (broad SMARTS) is 1. The predicted molar refractivity (Wildman–Crippen MR) is 69.4 cm³/mol. The van der Waals surface area contributed by atoms with Crippen molar-refractivity contribution in [2.75, 3.05) is 6.54 Å². The Kier molecular flexibility index (Phi) is 5.44. The number of piperidine rings is 1. The minimum atomic E-state index is -0.823. The number of nitrogens with one attached hydrogen (secondary N) is 1. The van der Waals surface area contributed by atoms with E-state index < -0.39 is 5.97 Å². The zero-order chi connectivity index (χ0) is 13.7. The molecule has 5 heteroatoms. The van der Waals surface area contributed by atoms with Gasteiger partial charge in [-0.1, -0.05) is 6.92 Å². The number of carboxylic acids is 1. The molecular weight excluding hydrogens is 232 g/mol. The molecule has 1 saturated heterocycles. The van der Waals surface area contributed by atoms with Gasteiger partial charge in [0.05, 0.1) is 0 Å². The van der Waals surface area contributed by atoms with E-state index in [0.717, 1.165) is 13.0 Å². The van der Waals surface area contributed by atoms with Crippen LogP contribution in [-0.4, -0.2) is 40.6 Å². The minimum absolute atomic E-state index is 0.0630. The molecule has 0 radical (unpaired) electrons. The van der Waals surface area contributed by atoms with Crippen molar-refractivity contribution in [2.24, 2.45) is 5.92 Å². The van der Waals surface area contributed by atoms with E-state index in [1.165, 1.54) is 6.42 Å². The summed E-state index contributed by atoms with van der Waals surface area (Å²) >= 11 is 0. The first-order valence-electron chi connectivity index (χ1n) is 6.69. The fourth-order valence-corrected chi connectivity index (χ4v) is 2.28. The van der Waals surface area contributed by atoms with Gasteiger partial charge in [0.2, 0.25) is 0 Å². The number of likely N-dealkylation sites (tertiary alicyclic amines) is 1. The summed E-state index contributed by atoms with van der Waals surface area (Å²) in [6, 6.07) is 0.109. The van der Waals surface area contributed by atoms with Crippen molar-refractivity contribution in [2.45, 2.75) is 58.5 Å². The molecule has 0 aromatic rings. The fraction of sp³-hybridized carbons (Fsp3) is 0.846. The average Bonchev–Trinajstić information content (AvgIpc) is 2.29. The van der Waals surface area contributed by atoms with E-state index in [2.05, 4.69) is 19.2 Å². The van der Waals surface area contributed by atoms with Crippen LogP contribution in [0.1, 0.15) is 46.5 Å². The van der Waals surface area contributed by atoms with E-state index in [9.17, 15) is 9.59 Å². The van der Waals surface area contributed by atoms with Crippen LogP contribution < -0.4 is 5.32 Å². The van der Waals surface area contributed by atoms with Crippen molar-refractivity contribution in [3.8, 4) is 0 Å². The van der Waals surface area contributed by atoms with Crippen molar-refractivity contribution < 1.29 is 14.7 Å². The van der Waals surface area contributed by atoms with Crippen molar-refractivity contribution in [1.82, 2.24) is 10.2 Å². The van der Waals surface area contributed by atoms with Crippen molar-refractivity contribution in [1.29, 1.82) is 0 Å². The summed E-state index contributed by atoms with van der Waals surface area (Å²) in [6.45, 7) is 6.85. The van der Waals surface area contributed by atoms with Gasteiger partial charge in [0.25, 0.3) is 0 Å². The molecule has 1 fully saturated rings. The van der Waals surface area contributed by atoms with Gasteiger partial charge < -0.3 is 15.3 Å². The standard InChI is InChI=1S/C13H24N2O3/c1-9-4-6-11(3)15(8-9)13(18)14-10(2)5-7-12(16)17/h9-11H,4-8H2,1-3H3,(H,14,18)(H,16,17). The smallest absolute Gasteiger partial charge is 0.317 e. The first-order valence-corrected chi connectivity index (χ1v) is 6.69. The van der Waals surface area contributed by atoms with Gasteiger partial charge in [-0.15, -0.1) is 0 Å². The van der Waals surface area contributed by atoms with Gasteiger partial charge in [-0.25, -0.2) is 4.79 Å². The molecule has 5 nitrogen and oxygen atoms in total. The second-order valence-electron chi connectivity index (χ2n) is 5.47. The van der Waals surface area contributed by atoms with Gasteiger partial charge in [-0.2, -0.15) is 0 Å². The molecule has 1 aliphatic rings. The zero-order valence-electron chi connectivity index (χ0n) is 11.5. The maximum absolute atomic E-state index is 12.1. The number of nitrogens with zero attached hydrogens (tertiary/aromatic N) is 1. The molecule has 0 spiro atoms. The van der Waals surface area contributed by atoms with Gasteiger partial charge in [0.1, 0.15) is 0 Å². The summed E-state index contributed by atoms with van der Waals surface area (Å²) in [5.74, 6) is -0.280. The SMILES string of the molecule is CC1CCC(C)N(C(=O)NC(C)CCC(=O)O)C1. The lowest BCUT2D eigenvalue weighted by Gasteiger charge is -2.37. The van der Waals surface area contributed by atoms with Crippen LogP contribution >= 0.6 is 0 Å². The number of hydrogen-bond donors (Lipinski definition) is 2. The number of hydrogen-bond acceptors (Lipinski definition) is 2. The second kappa shape index (κ2) is 6.61. The Labute approximate surface area is 109 Å². The van der Waals surface area contributed by atoms with Crippen LogP contribution in [0.3, 0.4) is 0 Å². The van der Waals surface area contributed by atoms with Crippen LogP contribution in [0.25, 0.3) is 0 Å². The highest BCUT2D eigenvalue weighted by atomic mass is 16.4. The quantitative estimate of drug-likeness (QED) is 0.809. The summed E-state index contributed by atoms with van der Waals surface area (Å²) in [5, 5.41) is 11.5. The number of carbonyl (C=O) groups excluding carboxylic acids is 1. The summed E-state index contributed by atoms with van der Waals surface area (Å²) in [5.41, 5.74) is 0. The third-order valence-electron chi connectivity index (χ3n) is 3.54. The molecule has 18 heavy (non-hydrogen) atoms. The van der Waals surface area contributed by atoms with Crippen LogP contribution in [0.15, 0.2) is 0 Å². The minimum Gasteiger partial charge on any atom is -0.481 e. The largest absolute Gasteiger partial charge is 0.481 e. The first kappa shape index (κ1) is 14.8. The molecule has 0 aliphatic carbocycles. The number of aliphatic carboxylic acids is 1. The molecule has 3 atom stereocenters. The van der Waals surface area contributed by atoms with Crippen molar-refractivity contribution >= 4 is 12.0 Å². The van der Waals surface area contributed by atoms with Gasteiger partial charge in [-0.3, -0.25) is 4.79 Å². The maximum Gasteiger partial charge on any atom is 0.317 e. The Balaban J connectivity index is 2.41. The van der Waals surface area contributed by atoms with Crippen molar-refractivity contribution in [3.63, 3.8) is 0 Å². The number of amides is 2. The summed E-state index contributed by atoms with van der Waals surface area (Å²) in [6.07, 6.45) is 2.77. The molecule has 0 aromatic carbocycles. The third kappa shape index (κ3) is 4.55. The zero-order valence-corrected chi connectivity index (χ0v) is 11.5. The van der Waals surface area contributed by atoms with Crippen LogP contribution in [0.2, 0.25) is 0 Å². The third-order valence-corrected chi connectivity index (χ3v) is 3.54. The molecule has 104 valence electrons. The van der Waals surface area contributed by atoms with E-state index in [1.807, 2.05) is 11.8 Å². The lowest BCUT2D eigenvalue weighted by atomic mass is 9.95. The topological polar surface area (TPSA) is 69.6 Å². The van der Waals surface area contributed by atoms with E-state index in [0.29, 0.717) is 12.3 Å². The lowest BCUT2D eigenvalue weighted by molar-refractivity contribution is -0.137. The number of urea groups is 1. The van der Waals surface area contributed by atoms with E-state index >= 15 is 0 Å². The molecular formula is C13H24N2O3. The highest BCUT2D eigenvalue weighted by Crippen LogP contribution is 2.21. The second-order valence-corrected chi connectivity index (χ2v) is 5.47. The normalized spacial score (nSPS) is 25.6. The summed E-state index contributed by atoms with van der Waals surface area (Å²) in [7, 11) is 0. The molecule has 2 N–H and O–H groups in total. The van der Waals surface area contributed by atoms with Gasteiger partial charge >= 0.3 is 12.0 Å². The van der Waals surface area contributed by atoms with Crippen LogP contribution in [-0.2, 0) is 4.79 Å². The summed E-state index contributed by atoms with van der Waals surface area (Å²) < 4.78 is 0. The van der Waals surface area contributed by atoms with Crippen LogP contribution in [0.4, 0.5) is 4.79 Å². The molecule has 0 aromatic heterocycles. The van der Waals surface area contributed by atoms with Gasteiger partial charge in [-0.05, 0) is 39.0 Å². The average molecular weight is 256 g/mol. The van der Waals surface area contributed by atoms with Gasteiger partial charge in [0, 0.05) is 25.0 Å². The van der Waals surface area contributed by atoms with Crippen LogP contribution in [0.5, 0.6) is 0 Å². The molecule has 0 saturated carbocycles. The van der Waals surface area contributed by atoms with Crippen LogP contribution in [0, 0.1) is 5.92 Å². The van der Waals surface area contributed by atoms with E-state index in [4.69, 9.17) is 5.11 Å². The van der Waals surface area contributed by atoms with E-state index in [-0.39, 0.29) is 24.5 Å². The molecule has 1 rings (SSSR count). The highest BCUT2D eigenvalue weighted by Gasteiger charge is 2.27. The predicted octanol–water partition coefficient (Wildman–Crippen LogP) is 2.07. The summed E-state index contributed by atoms with van der Waals surface area (Å²) in [4.78, 5) is 24.4. The van der Waals surface area contributed by atoms with Crippen molar-refractivity contribution in [3.05, 3.63) is 0 Å². The van der Waals surface area contributed by atoms with Gasteiger partial charge in [0.15, 0.2) is 0 Å². The first-order chi connectivity index (χ1) is 8.40. The molecule has 0 bridgehead atoms. The lowest BCUT2D eigenvalue weighted by Crippen LogP contribution is -2.51. The maximum atomic E-state index is 12.1. The molecule has 2 amide bonds. The Morgan fingerprint density at radius 2 is 2.06 bits per heavy atom. The number of rotatable bonds is 4. The molecule has 1 heterocycles. The Bertz CT molecular complexity index is 307. The monoisotopic (exact) mass is 256 g/mol. The fourth-order valence-electron chi connectivity index (χ4n) is 2.28. The van der Waals surface area contributed by atoms with E-state index in [1.54, 1.807) is 0 Å². The molecule has 1 aliphatic heterocycles. The number of carbonyl (C=O) groups is 2. The molecule has 3 unspecified atom stereocenters. The Morgan fingerprint density at radius 1 is 1.39 bits per heavy atom.